The molecule has 4 nitrogen and oxygen atoms in total. The van der Waals surface area contributed by atoms with Gasteiger partial charge in [-0.25, -0.2) is 0 Å². The summed E-state index contributed by atoms with van der Waals surface area (Å²) in [7, 11) is 1.60. The van der Waals surface area contributed by atoms with Crippen molar-refractivity contribution in [1.29, 1.82) is 0 Å². The molecule has 0 atom stereocenters. The first-order valence-corrected chi connectivity index (χ1v) is 6.82. The van der Waals surface area contributed by atoms with Gasteiger partial charge < -0.3 is 16.4 Å². The molecule has 2 aromatic rings. The van der Waals surface area contributed by atoms with Gasteiger partial charge in [0.25, 0.3) is 5.91 Å². The molecule has 4 N–H and O–H groups in total. The Labute approximate surface area is 125 Å². The number of carbonyl (C=O) groups excluding carboxylic acids is 1. The average molecular weight is 367 g/mol. The molecule has 0 fully saturated rings. The first-order valence-electron chi connectivity index (χ1n) is 5.74. The SMILES string of the molecule is CNC(=O)c1cc(N)ccc1Nc1ccc(I)cc1. The third-order valence-corrected chi connectivity index (χ3v) is 3.36. The molecular formula is C14H14IN3O. The topological polar surface area (TPSA) is 67.2 Å². The number of benzene rings is 2. The Hall–Kier alpha value is -1.76. The zero-order chi connectivity index (χ0) is 13.8. The lowest BCUT2D eigenvalue weighted by Gasteiger charge is -2.12. The van der Waals surface area contributed by atoms with E-state index in [0.717, 1.165) is 14.9 Å². The molecule has 5 heteroatoms. The van der Waals surface area contributed by atoms with Crippen molar-refractivity contribution < 1.29 is 4.79 Å². The second-order valence-electron chi connectivity index (χ2n) is 4.02. The van der Waals surface area contributed by atoms with Gasteiger partial charge in [0.05, 0.1) is 11.3 Å². The monoisotopic (exact) mass is 367 g/mol. The molecule has 0 aromatic heterocycles. The van der Waals surface area contributed by atoms with Gasteiger partial charge in [0.2, 0.25) is 0 Å². The fraction of sp³-hybridized carbons (Fsp3) is 0.0714. The van der Waals surface area contributed by atoms with Crippen LogP contribution in [0, 0.1) is 3.57 Å². The van der Waals surface area contributed by atoms with Crippen LogP contribution in [0.4, 0.5) is 17.1 Å². The maximum Gasteiger partial charge on any atom is 0.253 e. The number of halogens is 1. The fourth-order valence-electron chi connectivity index (χ4n) is 1.68. The minimum Gasteiger partial charge on any atom is -0.399 e. The molecule has 0 saturated carbocycles. The summed E-state index contributed by atoms with van der Waals surface area (Å²) >= 11 is 2.25. The highest BCUT2D eigenvalue weighted by Crippen LogP contribution is 2.23. The highest BCUT2D eigenvalue weighted by molar-refractivity contribution is 14.1. The molecule has 0 saturated heterocycles. The molecule has 0 aliphatic rings. The van der Waals surface area contributed by atoms with Crippen molar-refractivity contribution >= 4 is 45.6 Å². The maximum atomic E-state index is 11.8. The van der Waals surface area contributed by atoms with Crippen molar-refractivity contribution in [2.75, 3.05) is 18.1 Å². The van der Waals surface area contributed by atoms with E-state index in [0.29, 0.717) is 11.3 Å². The normalized spacial score (nSPS) is 10.0. The molecule has 0 aliphatic heterocycles. The van der Waals surface area contributed by atoms with Crippen LogP contribution in [0.25, 0.3) is 0 Å². The van der Waals surface area contributed by atoms with E-state index in [4.69, 9.17) is 5.73 Å². The van der Waals surface area contributed by atoms with Crippen LogP contribution in [0.15, 0.2) is 42.5 Å². The standard InChI is InChI=1S/C14H14IN3O/c1-17-14(19)12-8-10(16)4-7-13(12)18-11-5-2-9(15)3-6-11/h2-8,18H,16H2,1H3,(H,17,19). The smallest absolute Gasteiger partial charge is 0.253 e. The molecular weight excluding hydrogens is 353 g/mol. The Balaban J connectivity index is 2.34. The molecule has 2 aromatic carbocycles. The third kappa shape index (κ3) is 3.37. The summed E-state index contributed by atoms with van der Waals surface area (Å²) in [6.45, 7) is 0. The molecule has 0 aliphatic carbocycles. The lowest BCUT2D eigenvalue weighted by molar-refractivity contribution is 0.0964. The van der Waals surface area contributed by atoms with Gasteiger partial charge in [-0.1, -0.05) is 0 Å². The van der Waals surface area contributed by atoms with Gasteiger partial charge in [-0.3, -0.25) is 4.79 Å². The highest BCUT2D eigenvalue weighted by atomic mass is 127. The number of anilines is 3. The van der Waals surface area contributed by atoms with Gasteiger partial charge >= 0.3 is 0 Å². The van der Waals surface area contributed by atoms with Gasteiger partial charge in [-0.2, -0.15) is 0 Å². The quantitative estimate of drug-likeness (QED) is 0.577. The molecule has 0 bridgehead atoms. The number of rotatable bonds is 3. The van der Waals surface area contributed by atoms with E-state index in [-0.39, 0.29) is 5.91 Å². The van der Waals surface area contributed by atoms with Gasteiger partial charge in [0.15, 0.2) is 0 Å². The Kier molecular flexibility index (Phi) is 4.26. The van der Waals surface area contributed by atoms with Crippen molar-refractivity contribution in [1.82, 2.24) is 5.32 Å². The number of nitrogens with one attached hydrogen (secondary N) is 2. The zero-order valence-corrected chi connectivity index (χ0v) is 12.6. The van der Waals surface area contributed by atoms with Crippen molar-refractivity contribution in [3.8, 4) is 0 Å². The van der Waals surface area contributed by atoms with Crippen molar-refractivity contribution in [3.63, 3.8) is 0 Å². The van der Waals surface area contributed by atoms with Crippen LogP contribution in [-0.2, 0) is 0 Å². The van der Waals surface area contributed by atoms with Crippen molar-refractivity contribution in [3.05, 3.63) is 51.6 Å². The number of nitrogens with two attached hydrogens (primary N) is 1. The first-order chi connectivity index (χ1) is 9.10. The van der Waals surface area contributed by atoms with Crippen LogP contribution in [-0.4, -0.2) is 13.0 Å². The first kappa shape index (κ1) is 13.7. The summed E-state index contributed by atoms with van der Waals surface area (Å²) in [6, 6.07) is 13.2. The van der Waals surface area contributed by atoms with E-state index in [9.17, 15) is 4.79 Å². The lowest BCUT2D eigenvalue weighted by Crippen LogP contribution is -2.19. The summed E-state index contributed by atoms with van der Waals surface area (Å²) in [5.41, 5.74) is 8.47. The van der Waals surface area contributed by atoms with Gasteiger partial charge in [-0.05, 0) is 65.1 Å². The Bertz CT molecular complexity index is 596. The zero-order valence-electron chi connectivity index (χ0n) is 10.4. The summed E-state index contributed by atoms with van der Waals surface area (Å²) in [4.78, 5) is 11.8. The molecule has 0 heterocycles. The van der Waals surface area contributed by atoms with Gasteiger partial charge in [0.1, 0.15) is 0 Å². The third-order valence-electron chi connectivity index (χ3n) is 2.64. The average Bonchev–Trinajstić information content (AvgIpc) is 2.42. The second kappa shape index (κ2) is 5.92. The number of hydrogen-bond donors (Lipinski definition) is 3. The summed E-state index contributed by atoms with van der Waals surface area (Å²) in [5, 5.41) is 5.83. The number of amides is 1. The Morgan fingerprint density at radius 1 is 1.16 bits per heavy atom. The van der Waals surface area contributed by atoms with Gasteiger partial charge in [0, 0.05) is 22.0 Å². The molecule has 0 unspecified atom stereocenters. The fourth-order valence-corrected chi connectivity index (χ4v) is 2.04. The minimum atomic E-state index is -0.166. The number of hydrogen-bond acceptors (Lipinski definition) is 3. The number of nitrogen functional groups attached to an aromatic ring is 1. The minimum absolute atomic E-state index is 0.166. The largest absolute Gasteiger partial charge is 0.399 e. The lowest BCUT2D eigenvalue weighted by atomic mass is 10.1. The van der Waals surface area contributed by atoms with E-state index in [1.165, 1.54) is 0 Å². The van der Waals surface area contributed by atoms with Crippen LogP contribution >= 0.6 is 22.6 Å². The van der Waals surface area contributed by atoms with E-state index in [1.54, 1.807) is 25.2 Å². The van der Waals surface area contributed by atoms with Gasteiger partial charge in [-0.15, -0.1) is 0 Å². The molecule has 19 heavy (non-hydrogen) atoms. The summed E-state index contributed by atoms with van der Waals surface area (Å²) in [5.74, 6) is -0.166. The van der Waals surface area contributed by atoms with Crippen LogP contribution in [0.2, 0.25) is 0 Å². The Morgan fingerprint density at radius 2 is 1.84 bits per heavy atom. The maximum absolute atomic E-state index is 11.8. The van der Waals surface area contributed by atoms with Crippen LogP contribution in [0.1, 0.15) is 10.4 Å². The van der Waals surface area contributed by atoms with Crippen molar-refractivity contribution in [2.24, 2.45) is 0 Å². The Morgan fingerprint density at radius 3 is 2.47 bits per heavy atom. The number of carbonyl (C=O) groups is 1. The second-order valence-corrected chi connectivity index (χ2v) is 5.26. The van der Waals surface area contributed by atoms with Crippen molar-refractivity contribution in [2.45, 2.75) is 0 Å². The van der Waals surface area contributed by atoms with E-state index in [2.05, 4.69) is 33.2 Å². The molecule has 1 amide bonds. The predicted octanol–water partition coefficient (Wildman–Crippen LogP) is 2.98. The van der Waals surface area contributed by atoms with Crippen LogP contribution < -0.4 is 16.4 Å². The molecule has 2 rings (SSSR count). The summed E-state index contributed by atoms with van der Waals surface area (Å²) in [6.07, 6.45) is 0. The van der Waals surface area contributed by atoms with Crippen LogP contribution in [0.5, 0.6) is 0 Å². The predicted molar refractivity (Wildman–Crippen MR) is 86.7 cm³/mol. The van der Waals surface area contributed by atoms with E-state index in [1.807, 2.05) is 24.3 Å². The van der Waals surface area contributed by atoms with E-state index >= 15 is 0 Å². The molecule has 98 valence electrons. The van der Waals surface area contributed by atoms with Crippen LogP contribution in [0.3, 0.4) is 0 Å². The molecule has 0 radical (unpaired) electrons. The molecule has 0 spiro atoms. The van der Waals surface area contributed by atoms with E-state index < -0.39 is 0 Å². The summed E-state index contributed by atoms with van der Waals surface area (Å²) < 4.78 is 1.16. The highest BCUT2D eigenvalue weighted by Gasteiger charge is 2.10.